The van der Waals surface area contributed by atoms with Crippen LogP contribution in [0.15, 0.2) is 23.1 Å². The second-order valence-electron chi connectivity index (χ2n) is 7.80. The Kier molecular flexibility index (Phi) is 27.5. The number of hydrogen-bond donors (Lipinski definition) is 1. The zero-order valence-electron chi connectivity index (χ0n) is 22.3. The molecule has 0 spiro atoms. The largest absolute Gasteiger partial charge is 0.359 e. The Morgan fingerprint density at radius 3 is 2.26 bits per heavy atom. The average molecular weight is 639 g/mol. The molecule has 0 fully saturated rings. The van der Waals surface area contributed by atoms with Crippen molar-refractivity contribution in [2.45, 2.75) is 89.6 Å². The molecule has 0 heterocycles. The number of nitrogens with zero attached hydrogens (tertiary/aromatic N) is 1. The standard InChI is InChI=1S/C22H33BrN2O3S.C3H7Br.C2H6/c1-24-22(28)11-9-20(17-27)25(2)15-19-14-21(10-8-18(19)16-26)29-13-7-5-3-4-6-12-23;1-2-3-4;1-2/h8,10,14,16-17,20H,3-7,9,11-13,15H2,1-2H3,(H,24,28);2-3H2,1H3;1-2H3. The quantitative estimate of drug-likeness (QED) is 0.0841. The number of halogens is 2. The lowest BCUT2D eigenvalue weighted by molar-refractivity contribution is -0.121. The molecule has 8 heteroatoms. The Bertz CT molecular complexity index is 676. The van der Waals surface area contributed by atoms with Gasteiger partial charge in [0.25, 0.3) is 0 Å². The molecule has 1 unspecified atom stereocenters. The summed E-state index contributed by atoms with van der Waals surface area (Å²) in [7, 11) is 3.44. The fourth-order valence-electron chi connectivity index (χ4n) is 3.02. The average Bonchev–Trinajstić information content (AvgIpc) is 2.89. The maximum Gasteiger partial charge on any atom is 0.219 e. The molecule has 35 heavy (non-hydrogen) atoms. The molecule has 1 atom stereocenters. The van der Waals surface area contributed by atoms with Gasteiger partial charge in [-0.2, -0.15) is 0 Å². The van der Waals surface area contributed by atoms with Crippen LogP contribution >= 0.6 is 43.6 Å². The summed E-state index contributed by atoms with van der Waals surface area (Å²) in [6.07, 6.45) is 9.95. The van der Waals surface area contributed by atoms with Gasteiger partial charge >= 0.3 is 0 Å². The highest BCUT2D eigenvalue weighted by molar-refractivity contribution is 9.09. The molecule has 0 aliphatic heterocycles. The van der Waals surface area contributed by atoms with Crippen molar-refractivity contribution in [1.82, 2.24) is 10.2 Å². The van der Waals surface area contributed by atoms with Gasteiger partial charge in [0.05, 0.1) is 6.04 Å². The van der Waals surface area contributed by atoms with E-state index in [2.05, 4.69) is 50.2 Å². The van der Waals surface area contributed by atoms with Gasteiger partial charge in [0.15, 0.2) is 0 Å². The summed E-state index contributed by atoms with van der Waals surface area (Å²) in [4.78, 5) is 37.4. The first-order chi connectivity index (χ1) is 17.0. The zero-order chi connectivity index (χ0) is 26.9. The molecule has 1 aromatic rings. The number of carbonyl (C=O) groups excluding carboxylic acids is 3. The number of carbonyl (C=O) groups is 3. The van der Waals surface area contributed by atoms with Gasteiger partial charge in [0.1, 0.15) is 12.6 Å². The fourth-order valence-corrected chi connectivity index (χ4v) is 4.39. The number of rotatable bonds is 17. The first-order valence-corrected chi connectivity index (χ1v) is 15.9. The molecule has 1 N–H and O–H groups in total. The van der Waals surface area contributed by atoms with E-state index in [0.29, 0.717) is 24.9 Å². The summed E-state index contributed by atoms with van der Waals surface area (Å²) in [6.45, 7) is 6.63. The first-order valence-electron chi connectivity index (χ1n) is 12.7. The van der Waals surface area contributed by atoms with E-state index in [1.165, 1.54) is 38.5 Å². The molecule has 1 aromatic carbocycles. The van der Waals surface area contributed by atoms with Crippen molar-refractivity contribution in [3.8, 4) is 0 Å². The lowest BCUT2D eigenvalue weighted by Crippen LogP contribution is -2.34. The summed E-state index contributed by atoms with van der Waals surface area (Å²) in [5, 5.41) is 4.79. The van der Waals surface area contributed by atoms with Crippen LogP contribution in [0.2, 0.25) is 0 Å². The van der Waals surface area contributed by atoms with Crippen LogP contribution in [0.3, 0.4) is 0 Å². The van der Waals surface area contributed by atoms with Gasteiger partial charge < -0.3 is 10.1 Å². The molecule has 0 saturated heterocycles. The van der Waals surface area contributed by atoms with Gasteiger partial charge in [-0.3, -0.25) is 14.5 Å². The summed E-state index contributed by atoms with van der Waals surface area (Å²) in [5.41, 5.74) is 1.56. The number of likely N-dealkylation sites (N-methyl/N-ethyl adjacent to an activating group) is 1. The van der Waals surface area contributed by atoms with Crippen LogP contribution in [0.25, 0.3) is 0 Å². The van der Waals surface area contributed by atoms with Gasteiger partial charge in [-0.15, -0.1) is 11.8 Å². The van der Waals surface area contributed by atoms with E-state index in [9.17, 15) is 14.4 Å². The van der Waals surface area contributed by atoms with Crippen LogP contribution in [-0.4, -0.2) is 59.9 Å². The number of alkyl halides is 2. The van der Waals surface area contributed by atoms with E-state index in [1.54, 1.807) is 7.05 Å². The molecule has 0 saturated carbocycles. The summed E-state index contributed by atoms with van der Waals surface area (Å²) in [6, 6.07) is 5.54. The van der Waals surface area contributed by atoms with Crippen LogP contribution in [0.1, 0.15) is 88.1 Å². The Morgan fingerprint density at radius 2 is 1.71 bits per heavy atom. The summed E-state index contributed by atoms with van der Waals surface area (Å²) in [5.74, 6) is 0.983. The zero-order valence-corrected chi connectivity index (χ0v) is 26.3. The van der Waals surface area contributed by atoms with Crippen molar-refractivity contribution < 1.29 is 14.4 Å². The van der Waals surface area contributed by atoms with Crippen LogP contribution < -0.4 is 5.32 Å². The van der Waals surface area contributed by atoms with E-state index in [0.717, 1.165) is 39.4 Å². The third-order valence-corrected chi connectivity index (χ3v) is 7.50. The maximum absolute atomic E-state index is 11.5. The third kappa shape index (κ3) is 19.1. The summed E-state index contributed by atoms with van der Waals surface area (Å²) >= 11 is 8.52. The minimum absolute atomic E-state index is 0.0792. The van der Waals surface area contributed by atoms with Crippen LogP contribution in [0.4, 0.5) is 0 Å². The number of thioether (sulfide) groups is 1. The van der Waals surface area contributed by atoms with Crippen molar-refractivity contribution in [2.75, 3.05) is 30.5 Å². The predicted molar refractivity (Wildman–Crippen MR) is 159 cm³/mol. The monoisotopic (exact) mass is 636 g/mol. The minimum Gasteiger partial charge on any atom is -0.359 e. The Labute approximate surface area is 235 Å². The minimum atomic E-state index is -0.359. The highest BCUT2D eigenvalue weighted by Crippen LogP contribution is 2.24. The van der Waals surface area contributed by atoms with E-state index in [-0.39, 0.29) is 11.9 Å². The van der Waals surface area contributed by atoms with Crippen LogP contribution in [0.5, 0.6) is 0 Å². The Hall–Kier alpha value is -0.700. The van der Waals surface area contributed by atoms with Gasteiger partial charge in [-0.05, 0) is 56.2 Å². The van der Waals surface area contributed by atoms with E-state index in [1.807, 2.05) is 49.7 Å². The number of aldehydes is 2. The number of benzene rings is 1. The second kappa shape index (κ2) is 26.4. The van der Waals surface area contributed by atoms with Crippen molar-refractivity contribution >= 4 is 62.1 Å². The molecule has 5 nitrogen and oxygen atoms in total. The number of unbranched alkanes of at least 4 members (excludes halogenated alkanes) is 4. The van der Waals surface area contributed by atoms with Gasteiger partial charge in [-0.1, -0.05) is 78.0 Å². The Morgan fingerprint density at radius 1 is 1.09 bits per heavy atom. The Balaban J connectivity index is 0. The highest BCUT2D eigenvalue weighted by Gasteiger charge is 2.17. The molecule has 202 valence electrons. The van der Waals surface area contributed by atoms with Gasteiger partial charge in [0.2, 0.25) is 5.91 Å². The summed E-state index contributed by atoms with van der Waals surface area (Å²) < 4.78 is 0. The second-order valence-corrected chi connectivity index (χ2v) is 10.6. The SMILES string of the molecule is CC.CCCBr.CNC(=O)CCC(C=O)N(C)Cc1cc(SCCCCCCCBr)ccc1C=O. The molecule has 0 radical (unpaired) electrons. The smallest absolute Gasteiger partial charge is 0.219 e. The first kappa shape index (κ1) is 36.5. The van der Waals surface area contributed by atoms with Crippen molar-refractivity contribution in [2.24, 2.45) is 0 Å². The third-order valence-electron chi connectivity index (χ3n) is 5.07. The molecular formula is C27H46Br2N2O3S. The number of amides is 1. The molecule has 0 aliphatic carbocycles. The van der Waals surface area contributed by atoms with E-state index < -0.39 is 0 Å². The number of hydrogen-bond acceptors (Lipinski definition) is 5. The number of nitrogens with one attached hydrogen (secondary N) is 1. The molecule has 0 aliphatic rings. The highest BCUT2D eigenvalue weighted by atomic mass is 79.9. The predicted octanol–water partition coefficient (Wildman–Crippen LogP) is 7.28. The molecular weight excluding hydrogens is 592 g/mol. The van der Waals surface area contributed by atoms with E-state index >= 15 is 0 Å². The van der Waals surface area contributed by atoms with Crippen molar-refractivity contribution in [3.63, 3.8) is 0 Å². The van der Waals surface area contributed by atoms with Gasteiger partial charge in [0, 0.05) is 41.1 Å². The molecule has 1 amide bonds. The molecule has 1 rings (SSSR count). The van der Waals surface area contributed by atoms with Crippen LogP contribution in [0, 0.1) is 0 Å². The normalized spacial score (nSPS) is 11.0. The van der Waals surface area contributed by atoms with Gasteiger partial charge in [-0.25, -0.2) is 0 Å². The lowest BCUT2D eigenvalue weighted by Gasteiger charge is -2.24. The van der Waals surface area contributed by atoms with Crippen molar-refractivity contribution in [1.29, 1.82) is 0 Å². The van der Waals surface area contributed by atoms with E-state index in [4.69, 9.17) is 0 Å². The fraction of sp³-hybridized carbons (Fsp3) is 0.667. The molecule has 0 aromatic heterocycles. The molecule has 0 bridgehead atoms. The lowest BCUT2D eigenvalue weighted by atomic mass is 10.1. The topological polar surface area (TPSA) is 66.5 Å². The van der Waals surface area contributed by atoms with Crippen LogP contribution in [-0.2, 0) is 16.1 Å². The maximum atomic E-state index is 11.5. The van der Waals surface area contributed by atoms with Crippen molar-refractivity contribution in [3.05, 3.63) is 29.3 Å².